The molecule has 0 bridgehead atoms. The van der Waals surface area contributed by atoms with Crippen LogP contribution in [0.2, 0.25) is 0 Å². The van der Waals surface area contributed by atoms with Crippen LogP contribution in [0.15, 0.2) is 78.0 Å². The monoisotopic (exact) mass is 568 g/mol. The van der Waals surface area contributed by atoms with E-state index in [0.717, 1.165) is 12.1 Å². The van der Waals surface area contributed by atoms with Crippen LogP contribution < -0.4 is 14.8 Å². The number of aliphatic hydroxyl groups is 1. The second-order valence-corrected chi connectivity index (χ2v) is 10.3. The lowest BCUT2D eigenvalue weighted by Crippen LogP contribution is -2.23. The largest absolute Gasteiger partial charge is 0.480 e. The Labute approximate surface area is 229 Å². The van der Waals surface area contributed by atoms with E-state index in [1.54, 1.807) is 43.5 Å². The zero-order valence-corrected chi connectivity index (χ0v) is 22.4. The number of carbonyl (C=O) groups excluding carboxylic acids is 1. The Hall–Kier alpha value is -4.42. The fourth-order valence-corrected chi connectivity index (χ4v) is 5.18. The number of hydrogen-bond acceptors (Lipinski definition) is 7. The molecule has 1 amide bonds. The van der Waals surface area contributed by atoms with E-state index in [4.69, 9.17) is 4.74 Å². The number of aliphatic hydroxyl groups excluding tert-OH is 1. The second-order valence-electron chi connectivity index (χ2n) is 8.69. The van der Waals surface area contributed by atoms with Crippen LogP contribution in [0.25, 0.3) is 22.0 Å². The molecule has 4 rings (SSSR count). The van der Waals surface area contributed by atoms with Gasteiger partial charge in [-0.3, -0.25) is 14.5 Å². The molecule has 9 nitrogen and oxygen atoms in total. The molecule has 3 N–H and O–H groups in total. The number of anilines is 1. The summed E-state index contributed by atoms with van der Waals surface area (Å²) in [5, 5.41) is 14.2. The number of pyridine rings is 2. The van der Waals surface area contributed by atoms with Gasteiger partial charge in [-0.05, 0) is 66.9 Å². The molecule has 0 spiro atoms. The van der Waals surface area contributed by atoms with E-state index < -0.39 is 32.7 Å². The molecule has 0 saturated carbocycles. The van der Waals surface area contributed by atoms with Gasteiger partial charge in [0.2, 0.25) is 11.8 Å². The highest BCUT2D eigenvalue weighted by Crippen LogP contribution is 2.33. The lowest BCUT2D eigenvalue weighted by atomic mass is 9.98. The van der Waals surface area contributed by atoms with Gasteiger partial charge in [0.15, 0.2) is 0 Å². The number of carbonyl (C=O) groups is 1. The van der Waals surface area contributed by atoms with Gasteiger partial charge in [-0.1, -0.05) is 12.1 Å². The van der Waals surface area contributed by atoms with Gasteiger partial charge in [0.1, 0.15) is 22.2 Å². The number of hydrogen-bond donors (Lipinski definition) is 3. The van der Waals surface area contributed by atoms with Gasteiger partial charge >= 0.3 is 0 Å². The lowest BCUT2D eigenvalue weighted by Gasteiger charge is -2.15. The zero-order chi connectivity index (χ0) is 28.9. The smallest absolute Gasteiger partial charge is 0.264 e. The Bertz CT molecular complexity index is 1700. The molecule has 0 aliphatic rings. The van der Waals surface area contributed by atoms with E-state index in [-0.39, 0.29) is 30.4 Å². The molecular formula is C28H26F2N4O5S. The number of benzene rings is 2. The highest BCUT2D eigenvalue weighted by Gasteiger charge is 2.22. The molecule has 12 heteroatoms. The van der Waals surface area contributed by atoms with Crippen LogP contribution in [0.4, 0.5) is 14.5 Å². The van der Waals surface area contributed by atoms with Crippen molar-refractivity contribution >= 4 is 32.5 Å². The molecule has 2 heterocycles. The van der Waals surface area contributed by atoms with Crippen molar-refractivity contribution in [1.29, 1.82) is 0 Å². The summed E-state index contributed by atoms with van der Waals surface area (Å²) in [5.41, 5.74) is 2.27. The first kappa shape index (κ1) is 28.6. The van der Waals surface area contributed by atoms with E-state index in [2.05, 4.69) is 20.0 Å². The molecule has 40 heavy (non-hydrogen) atoms. The quantitative estimate of drug-likeness (QED) is 0.240. The first-order valence-corrected chi connectivity index (χ1v) is 13.6. The SMILES string of the molecule is C/C=C/C(=O)NCCC(O)c1ccnc2ccc(-c3cnc(OC)c(NS(=O)(=O)c4ccc(F)cc4F)c3)cc12. The Morgan fingerprint density at radius 3 is 2.62 bits per heavy atom. The molecule has 208 valence electrons. The van der Waals surface area contributed by atoms with E-state index in [1.165, 1.54) is 25.4 Å². The van der Waals surface area contributed by atoms with Gasteiger partial charge in [0, 0.05) is 36.0 Å². The van der Waals surface area contributed by atoms with Crippen LogP contribution in [0.3, 0.4) is 0 Å². The number of rotatable bonds is 10. The van der Waals surface area contributed by atoms with Gasteiger partial charge in [0.05, 0.1) is 18.7 Å². The normalized spacial score (nSPS) is 12.4. The topological polar surface area (TPSA) is 131 Å². The Morgan fingerprint density at radius 2 is 1.90 bits per heavy atom. The van der Waals surface area contributed by atoms with E-state index in [9.17, 15) is 27.1 Å². The van der Waals surface area contributed by atoms with Crippen molar-refractivity contribution in [2.45, 2.75) is 24.3 Å². The average Bonchev–Trinajstić information content (AvgIpc) is 2.92. The van der Waals surface area contributed by atoms with Crippen LogP contribution in [-0.2, 0) is 14.8 Å². The molecule has 2 aromatic heterocycles. The van der Waals surface area contributed by atoms with E-state index in [0.29, 0.717) is 33.7 Å². The summed E-state index contributed by atoms with van der Waals surface area (Å²) in [6.45, 7) is 1.99. The first-order chi connectivity index (χ1) is 19.1. The summed E-state index contributed by atoms with van der Waals surface area (Å²) in [6.07, 6.45) is 5.44. The van der Waals surface area contributed by atoms with Crippen LogP contribution in [0.1, 0.15) is 25.0 Å². The zero-order valence-electron chi connectivity index (χ0n) is 21.6. The molecule has 2 aromatic carbocycles. The standard InChI is InChI=1S/C28H26F2N4O5S/c1-3-4-27(36)32-12-10-25(35)20-9-11-31-23-7-5-17(13-21(20)23)18-14-24(28(39-2)33-16-18)34-40(37,38)26-8-6-19(29)15-22(26)30/h3-9,11,13-16,25,34-35H,10,12H2,1-2H3,(H,32,36)/b4-3+. The third kappa shape index (κ3) is 6.41. The van der Waals surface area contributed by atoms with E-state index >= 15 is 0 Å². The molecular weight excluding hydrogens is 542 g/mol. The average molecular weight is 569 g/mol. The summed E-state index contributed by atoms with van der Waals surface area (Å²) >= 11 is 0. The molecule has 0 radical (unpaired) electrons. The van der Waals surface area contributed by atoms with Gasteiger partial charge in [0.25, 0.3) is 10.0 Å². The Kier molecular flexibility index (Phi) is 8.70. The summed E-state index contributed by atoms with van der Waals surface area (Å²) in [6, 6.07) is 10.6. The second kappa shape index (κ2) is 12.2. The number of amides is 1. The molecule has 0 aliphatic carbocycles. The predicted octanol–water partition coefficient (Wildman–Crippen LogP) is 4.50. The number of nitrogens with zero attached hydrogens (tertiary/aromatic N) is 2. The minimum Gasteiger partial charge on any atom is -0.480 e. The van der Waals surface area contributed by atoms with Crippen molar-refractivity contribution in [2.24, 2.45) is 0 Å². The maximum atomic E-state index is 14.2. The molecule has 0 aliphatic heterocycles. The maximum Gasteiger partial charge on any atom is 0.264 e. The van der Waals surface area contributed by atoms with Gasteiger partial charge < -0.3 is 15.2 Å². The predicted molar refractivity (Wildman–Crippen MR) is 146 cm³/mol. The number of ether oxygens (including phenoxy) is 1. The fourth-order valence-electron chi connectivity index (χ4n) is 4.07. The third-order valence-electron chi connectivity index (χ3n) is 5.97. The van der Waals surface area contributed by atoms with Crippen LogP contribution in [0.5, 0.6) is 5.88 Å². The highest BCUT2D eigenvalue weighted by molar-refractivity contribution is 7.92. The van der Waals surface area contributed by atoms with Crippen molar-refractivity contribution in [3.05, 3.63) is 90.3 Å². The molecule has 4 aromatic rings. The molecule has 1 atom stereocenters. The van der Waals surface area contributed by atoms with Crippen molar-refractivity contribution in [2.75, 3.05) is 18.4 Å². The molecule has 0 fully saturated rings. The number of fused-ring (bicyclic) bond motifs is 1. The van der Waals surface area contributed by atoms with Crippen LogP contribution in [-0.4, -0.2) is 43.1 Å². The number of nitrogens with one attached hydrogen (secondary N) is 2. The minimum absolute atomic E-state index is 0.0617. The number of aromatic nitrogens is 2. The van der Waals surface area contributed by atoms with Crippen molar-refractivity contribution < 1.29 is 31.8 Å². The van der Waals surface area contributed by atoms with Gasteiger partial charge in [-0.2, -0.15) is 0 Å². The molecule has 1 unspecified atom stereocenters. The summed E-state index contributed by atoms with van der Waals surface area (Å²) in [7, 11) is -3.15. The Balaban J connectivity index is 1.66. The lowest BCUT2D eigenvalue weighted by molar-refractivity contribution is -0.116. The number of sulfonamides is 1. The van der Waals surface area contributed by atoms with Crippen LogP contribution in [0, 0.1) is 11.6 Å². The highest BCUT2D eigenvalue weighted by atomic mass is 32.2. The van der Waals surface area contributed by atoms with Crippen molar-refractivity contribution in [3.8, 4) is 17.0 Å². The maximum absolute atomic E-state index is 14.2. The van der Waals surface area contributed by atoms with E-state index in [1.807, 2.05) is 0 Å². The van der Waals surface area contributed by atoms with Gasteiger partial charge in [-0.15, -0.1) is 0 Å². The first-order valence-electron chi connectivity index (χ1n) is 12.1. The molecule has 0 saturated heterocycles. The fraction of sp³-hybridized carbons (Fsp3) is 0.179. The Morgan fingerprint density at radius 1 is 1.10 bits per heavy atom. The van der Waals surface area contributed by atoms with Crippen molar-refractivity contribution in [3.63, 3.8) is 0 Å². The van der Waals surface area contributed by atoms with Crippen LogP contribution >= 0.6 is 0 Å². The third-order valence-corrected chi connectivity index (χ3v) is 7.37. The summed E-state index contributed by atoms with van der Waals surface area (Å²) < 4.78 is 60.8. The van der Waals surface area contributed by atoms with Gasteiger partial charge in [-0.25, -0.2) is 22.2 Å². The summed E-state index contributed by atoms with van der Waals surface area (Å²) in [4.78, 5) is 19.5. The number of halogens is 2. The number of methoxy groups -OCH3 is 1. The minimum atomic E-state index is -4.45. The van der Waals surface area contributed by atoms with Crippen molar-refractivity contribution in [1.82, 2.24) is 15.3 Å². The summed E-state index contributed by atoms with van der Waals surface area (Å²) in [5.74, 6) is -2.47. The number of allylic oxidation sites excluding steroid dienone is 1.